The van der Waals surface area contributed by atoms with Gasteiger partial charge in [-0.15, -0.1) is 0 Å². The molecule has 0 spiro atoms. The highest BCUT2D eigenvalue weighted by atomic mass is 16.5. The maximum Gasteiger partial charge on any atom is 0.338 e. The van der Waals surface area contributed by atoms with E-state index in [1.807, 2.05) is 0 Å². The molecular formula is C21H21NO6. The van der Waals surface area contributed by atoms with Crippen LogP contribution in [0.3, 0.4) is 0 Å². The standard InChI is InChI=1S/C21H21NO6/c1-3-27-21(25)16-8-10-17(11-9-16)22-19(23)14-28-20(24)12-7-15-5-4-6-18(13-15)26-2/h4-13H,3,14H2,1-2H3,(H,22,23). The van der Waals surface area contributed by atoms with E-state index in [1.54, 1.807) is 56.5 Å². The first kappa shape index (κ1) is 20.7. The Morgan fingerprint density at radius 1 is 1.04 bits per heavy atom. The Kier molecular flexibility index (Phi) is 7.77. The summed E-state index contributed by atoms with van der Waals surface area (Å²) in [5.41, 5.74) is 1.62. The number of ether oxygens (including phenoxy) is 3. The molecule has 146 valence electrons. The summed E-state index contributed by atoms with van der Waals surface area (Å²) in [5, 5.41) is 2.58. The SMILES string of the molecule is CCOC(=O)c1ccc(NC(=O)COC(=O)C=Cc2cccc(OC)c2)cc1. The molecular weight excluding hydrogens is 362 g/mol. The molecule has 28 heavy (non-hydrogen) atoms. The minimum atomic E-state index is -0.643. The van der Waals surface area contributed by atoms with Crippen LogP contribution in [-0.2, 0) is 19.1 Å². The second-order valence-corrected chi connectivity index (χ2v) is 5.56. The number of amides is 1. The van der Waals surface area contributed by atoms with Crippen LogP contribution in [0.15, 0.2) is 54.6 Å². The Labute approximate surface area is 162 Å². The summed E-state index contributed by atoms with van der Waals surface area (Å²) in [6, 6.07) is 13.4. The number of hydrogen-bond acceptors (Lipinski definition) is 6. The van der Waals surface area contributed by atoms with Gasteiger partial charge in [0.05, 0.1) is 19.3 Å². The van der Waals surface area contributed by atoms with E-state index in [2.05, 4.69) is 5.32 Å². The molecule has 2 aromatic carbocycles. The monoisotopic (exact) mass is 383 g/mol. The average molecular weight is 383 g/mol. The largest absolute Gasteiger partial charge is 0.497 e. The van der Waals surface area contributed by atoms with Crippen molar-refractivity contribution in [3.05, 3.63) is 65.7 Å². The van der Waals surface area contributed by atoms with Crippen LogP contribution in [0, 0.1) is 0 Å². The molecule has 0 unspecified atom stereocenters. The van der Waals surface area contributed by atoms with E-state index in [0.29, 0.717) is 17.0 Å². The number of rotatable bonds is 8. The minimum Gasteiger partial charge on any atom is -0.497 e. The molecule has 1 N–H and O–H groups in total. The number of anilines is 1. The third-order valence-corrected chi connectivity index (χ3v) is 3.53. The van der Waals surface area contributed by atoms with Crippen LogP contribution in [-0.4, -0.2) is 38.2 Å². The fourth-order valence-corrected chi connectivity index (χ4v) is 2.20. The van der Waals surface area contributed by atoms with Crippen molar-refractivity contribution in [1.29, 1.82) is 0 Å². The van der Waals surface area contributed by atoms with Crippen molar-refractivity contribution in [2.24, 2.45) is 0 Å². The zero-order valence-corrected chi connectivity index (χ0v) is 15.6. The Morgan fingerprint density at radius 3 is 2.46 bits per heavy atom. The highest BCUT2D eigenvalue weighted by molar-refractivity contribution is 5.95. The molecule has 0 heterocycles. The second-order valence-electron chi connectivity index (χ2n) is 5.56. The van der Waals surface area contributed by atoms with Crippen LogP contribution in [0.5, 0.6) is 5.75 Å². The van der Waals surface area contributed by atoms with Gasteiger partial charge in [0, 0.05) is 11.8 Å². The van der Waals surface area contributed by atoms with Crippen molar-refractivity contribution in [3.63, 3.8) is 0 Å². The van der Waals surface area contributed by atoms with E-state index in [1.165, 1.54) is 18.2 Å². The first-order valence-electron chi connectivity index (χ1n) is 8.57. The van der Waals surface area contributed by atoms with Gasteiger partial charge in [-0.3, -0.25) is 4.79 Å². The summed E-state index contributed by atoms with van der Waals surface area (Å²) in [4.78, 5) is 35.2. The quantitative estimate of drug-likeness (QED) is 0.556. The van der Waals surface area contributed by atoms with Crippen molar-refractivity contribution in [2.45, 2.75) is 6.92 Å². The number of esters is 2. The van der Waals surface area contributed by atoms with E-state index in [9.17, 15) is 14.4 Å². The van der Waals surface area contributed by atoms with E-state index < -0.39 is 24.5 Å². The number of carbonyl (C=O) groups excluding carboxylic acids is 3. The lowest BCUT2D eigenvalue weighted by Gasteiger charge is -2.06. The predicted octanol–water partition coefficient (Wildman–Crippen LogP) is 3.07. The summed E-state index contributed by atoms with van der Waals surface area (Å²) in [7, 11) is 1.56. The third-order valence-electron chi connectivity index (χ3n) is 3.53. The summed E-state index contributed by atoms with van der Waals surface area (Å²) >= 11 is 0. The van der Waals surface area contributed by atoms with Gasteiger partial charge in [-0.25, -0.2) is 9.59 Å². The smallest absolute Gasteiger partial charge is 0.338 e. The van der Waals surface area contributed by atoms with Crippen molar-refractivity contribution >= 4 is 29.6 Å². The van der Waals surface area contributed by atoms with Gasteiger partial charge < -0.3 is 19.5 Å². The number of methoxy groups -OCH3 is 1. The fourth-order valence-electron chi connectivity index (χ4n) is 2.20. The number of nitrogens with one attached hydrogen (secondary N) is 1. The van der Waals surface area contributed by atoms with E-state index >= 15 is 0 Å². The second kappa shape index (κ2) is 10.5. The van der Waals surface area contributed by atoms with Gasteiger partial charge in [0.2, 0.25) is 0 Å². The molecule has 0 bridgehead atoms. The molecule has 2 rings (SSSR count). The Bertz CT molecular complexity index is 857. The summed E-state index contributed by atoms with van der Waals surface area (Å²) in [6.45, 7) is 1.58. The Hall–Kier alpha value is -3.61. The predicted molar refractivity (Wildman–Crippen MR) is 104 cm³/mol. The Balaban J connectivity index is 1.80. The molecule has 0 aliphatic rings. The third kappa shape index (κ3) is 6.60. The van der Waals surface area contributed by atoms with Crippen LogP contribution in [0.4, 0.5) is 5.69 Å². The molecule has 1 amide bonds. The number of carbonyl (C=O) groups is 3. The van der Waals surface area contributed by atoms with Gasteiger partial charge in [0.15, 0.2) is 6.61 Å². The highest BCUT2D eigenvalue weighted by Crippen LogP contribution is 2.14. The fraction of sp³-hybridized carbons (Fsp3) is 0.190. The molecule has 0 aliphatic heterocycles. The van der Waals surface area contributed by atoms with E-state index in [4.69, 9.17) is 14.2 Å². The lowest BCUT2D eigenvalue weighted by atomic mass is 10.2. The summed E-state index contributed by atoms with van der Waals surface area (Å²) in [5.74, 6) is -0.899. The van der Waals surface area contributed by atoms with Crippen molar-refractivity contribution in [3.8, 4) is 5.75 Å². The normalized spacial score (nSPS) is 10.4. The van der Waals surface area contributed by atoms with Gasteiger partial charge in [0.25, 0.3) is 5.91 Å². The van der Waals surface area contributed by atoms with Crippen molar-refractivity contribution in [1.82, 2.24) is 0 Å². The molecule has 2 aromatic rings. The van der Waals surface area contributed by atoms with Crippen LogP contribution < -0.4 is 10.1 Å². The van der Waals surface area contributed by atoms with Gasteiger partial charge >= 0.3 is 11.9 Å². The molecule has 0 saturated carbocycles. The topological polar surface area (TPSA) is 90.9 Å². The van der Waals surface area contributed by atoms with Crippen LogP contribution in [0.2, 0.25) is 0 Å². The van der Waals surface area contributed by atoms with Gasteiger partial charge in [0.1, 0.15) is 5.75 Å². The summed E-state index contributed by atoms with van der Waals surface area (Å²) in [6.07, 6.45) is 2.80. The molecule has 0 aliphatic carbocycles. The molecule has 0 fully saturated rings. The zero-order valence-electron chi connectivity index (χ0n) is 15.6. The maximum absolute atomic E-state index is 11.9. The molecule has 7 nitrogen and oxygen atoms in total. The van der Waals surface area contributed by atoms with E-state index in [-0.39, 0.29) is 6.61 Å². The molecule has 0 radical (unpaired) electrons. The first-order chi connectivity index (χ1) is 13.5. The zero-order chi connectivity index (χ0) is 20.4. The van der Waals surface area contributed by atoms with Crippen LogP contribution in [0.1, 0.15) is 22.8 Å². The van der Waals surface area contributed by atoms with Gasteiger partial charge in [-0.2, -0.15) is 0 Å². The lowest BCUT2D eigenvalue weighted by molar-refractivity contribution is -0.142. The van der Waals surface area contributed by atoms with Crippen LogP contribution >= 0.6 is 0 Å². The molecule has 0 aromatic heterocycles. The van der Waals surface area contributed by atoms with Crippen LogP contribution in [0.25, 0.3) is 6.08 Å². The minimum absolute atomic E-state index is 0.287. The first-order valence-corrected chi connectivity index (χ1v) is 8.57. The van der Waals surface area contributed by atoms with Gasteiger partial charge in [-0.1, -0.05) is 12.1 Å². The number of benzene rings is 2. The van der Waals surface area contributed by atoms with Crippen molar-refractivity contribution in [2.75, 3.05) is 25.6 Å². The number of hydrogen-bond donors (Lipinski definition) is 1. The Morgan fingerprint density at radius 2 is 1.79 bits per heavy atom. The average Bonchev–Trinajstić information content (AvgIpc) is 2.71. The molecule has 7 heteroatoms. The highest BCUT2D eigenvalue weighted by Gasteiger charge is 2.08. The molecule has 0 atom stereocenters. The van der Waals surface area contributed by atoms with E-state index in [0.717, 1.165) is 5.56 Å². The lowest BCUT2D eigenvalue weighted by Crippen LogP contribution is -2.20. The maximum atomic E-state index is 11.9. The van der Waals surface area contributed by atoms with Crippen molar-refractivity contribution < 1.29 is 28.6 Å². The van der Waals surface area contributed by atoms with Gasteiger partial charge in [-0.05, 0) is 55.0 Å². The summed E-state index contributed by atoms with van der Waals surface area (Å²) < 4.78 is 14.9. The molecule has 0 saturated heterocycles.